The van der Waals surface area contributed by atoms with Crippen molar-refractivity contribution in [2.45, 2.75) is 72.6 Å². The third kappa shape index (κ3) is 8.64. The van der Waals surface area contributed by atoms with Crippen LogP contribution in [0.25, 0.3) is 0 Å². The maximum absolute atomic E-state index is 11.7. The number of hydrogen-bond acceptors (Lipinski definition) is 8. The summed E-state index contributed by atoms with van der Waals surface area (Å²) in [4.78, 5) is 32.7. The summed E-state index contributed by atoms with van der Waals surface area (Å²) in [5, 5.41) is 4.57. The van der Waals surface area contributed by atoms with Gasteiger partial charge in [-0.3, -0.25) is 0 Å². The van der Waals surface area contributed by atoms with Gasteiger partial charge < -0.3 is 14.2 Å². The molecule has 0 saturated carbocycles. The van der Waals surface area contributed by atoms with Crippen LogP contribution in [0.4, 0.5) is 4.79 Å². The fourth-order valence-corrected chi connectivity index (χ4v) is 2.18. The smallest absolute Gasteiger partial charge is 0.433 e. The van der Waals surface area contributed by atoms with E-state index in [2.05, 4.69) is 30.4 Å². The monoisotopic (exact) mass is 410 g/mol. The highest BCUT2D eigenvalue weighted by atomic mass is 17.5. The minimum absolute atomic E-state index is 0.223. The van der Waals surface area contributed by atoms with Gasteiger partial charge in [0, 0.05) is 5.57 Å². The van der Waals surface area contributed by atoms with Gasteiger partial charge in [-0.25, -0.2) is 14.5 Å². The first-order valence-corrected chi connectivity index (χ1v) is 9.27. The fourth-order valence-electron chi connectivity index (χ4n) is 2.18. The van der Waals surface area contributed by atoms with Crippen LogP contribution < -0.4 is 0 Å². The molecule has 1 aromatic carbocycles. The molecule has 0 aliphatic rings. The van der Waals surface area contributed by atoms with Gasteiger partial charge >= 0.3 is 12.1 Å². The lowest BCUT2D eigenvalue weighted by molar-refractivity contribution is -0.521. The van der Waals surface area contributed by atoms with E-state index >= 15 is 0 Å². The largest absolute Gasteiger partial charge is 0.544 e. The van der Waals surface area contributed by atoms with Crippen LogP contribution >= 0.6 is 0 Å². The Labute approximate surface area is 171 Å². The van der Waals surface area contributed by atoms with Gasteiger partial charge in [-0.05, 0) is 56.7 Å². The molecule has 29 heavy (non-hydrogen) atoms. The molecule has 0 bridgehead atoms. The molecule has 0 radical (unpaired) electrons. The van der Waals surface area contributed by atoms with Crippen LogP contribution in [-0.4, -0.2) is 24.7 Å². The van der Waals surface area contributed by atoms with E-state index in [4.69, 9.17) is 19.1 Å². The van der Waals surface area contributed by atoms with Crippen LogP contribution in [0.15, 0.2) is 36.4 Å². The van der Waals surface area contributed by atoms with Gasteiger partial charge in [0.25, 0.3) is 0 Å². The van der Waals surface area contributed by atoms with Crippen molar-refractivity contribution in [1.82, 2.24) is 0 Å². The normalized spacial score (nSPS) is 13.5. The molecule has 0 aromatic heterocycles. The Bertz CT molecular complexity index is 693. The Morgan fingerprint density at radius 1 is 0.966 bits per heavy atom. The first kappa shape index (κ1) is 24.6. The molecule has 162 valence electrons. The summed E-state index contributed by atoms with van der Waals surface area (Å²) in [6, 6.07) is 7.84. The maximum Gasteiger partial charge on any atom is 0.544 e. The molecule has 0 aliphatic carbocycles. The summed E-state index contributed by atoms with van der Waals surface area (Å²) in [6.45, 7) is 15.6. The SMILES string of the molecule is C=C(C)C(=O)OC(C)OC(C)OC(=O)OOOC(C)(C)c1ccc(C(C)C)cc1. The predicted octanol–water partition coefficient (Wildman–Crippen LogP) is 4.89. The molecule has 8 heteroatoms. The lowest BCUT2D eigenvalue weighted by Gasteiger charge is -2.23. The zero-order valence-corrected chi connectivity index (χ0v) is 18.0. The van der Waals surface area contributed by atoms with Crippen molar-refractivity contribution in [3.8, 4) is 0 Å². The summed E-state index contributed by atoms with van der Waals surface area (Å²) < 4.78 is 14.9. The predicted molar refractivity (Wildman–Crippen MR) is 104 cm³/mol. The van der Waals surface area contributed by atoms with Crippen molar-refractivity contribution in [2.24, 2.45) is 0 Å². The van der Waals surface area contributed by atoms with Crippen molar-refractivity contribution >= 4 is 12.1 Å². The quantitative estimate of drug-likeness (QED) is 0.177. The molecule has 0 amide bonds. The molecular weight excluding hydrogens is 380 g/mol. The van der Waals surface area contributed by atoms with Crippen LogP contribution in [0.5, 0.6) is 0 Å². The fraction of sp³-hybridized carbons (Fsp3) is 0.524. The first-order chi connectivity index (χ1) is 13.4. The van der Waals surface area contributed by atoms with E-state index in [-0.39, 0.29) is 5.57 Å². The number of hydrogen-bond donors (Lipinski definition) is 0. The summed E-state index contributed by atoms with van der Waals surface area (Å²) in [7, 11) is 0. The Morgan fingerprint density at radius 3 is 2.03 bits per heavy atom. The molecule has 0 aliphatic heterocycles. The van der Waals surface area contributed by atoms with Crippen LogP contribution in [-0.2, 0) is 39.4 Å². The molecule has 0 saturated heterocycles. The summed E-state index contributed by atoms with van der Waals surface area (Å²) in [6.07, 6.45) is -3.19. The second kappa shape index (κ2) is 10.9. The average molecular weight is 410 g/mol. The zero-order valence-electron chi connectivity index (χ0n) is 18.0. The summed E-state index contributed by atoms with van der Waals surface area (Å²) in [5.41, 5.74) is 1.38. The Balaban J connectivity index is 2.41. The number of ether oxygens (including phenoxy) is 3. The number of benzene rings is 1. The second-order valence-corrected chi connectivity index (χ2v) is 7.35. The van der Waals surface area contributed by atoms with Gasteiger partial charge in [0.05, 0.1) is 0 Å². The topological polar surface area (TPSA) is 89.5 Å². The highest BCUT2D eigenvalue weighted by Crippen LogP contribution is 2.26. The van der Waals surface area contributed by atoms with Gasteiger partial charge in [-0.2, -0.15) is 4.89 Å². The van der Waals surface area contributed by atoms with Gasteiger partial charge in [0.2, 0.25) is 12.6 Å². The van der Waals surface area contributed by atoms with Crippen LogP contribution in [0.2, 0.25) is 0 Å². The molecule has 0 spiro atoms. The Morgan fingerprint density at radius 2 is 1.52 bits per heavy atom. The first-order valence-electron chi connectivity index (χ1n) is 9.27. The van der Waals surface area contributed by atoms with E-state index in [1.54, 1.807) is 13.8 Å². The van der Waals surface area contributed by atoms with E-state index in [0.717, 1.165) is 5.56 Å². The molecule has 2 unspecified atom stereocenters. The van der Waals surface area contributed by atoms with E-state index < -0.39 is 30.3 Å². The molecule has 2 atom stereocenters. The molecule has 1 rings (SSSR count). The van der Waals surface area contributed by atoms with Crippen LogP contribution in [0.3, 0.4) is 0 Å². The van der Waals surface area contributed by atoms with Crippen molar-refractivity contribution in [1.29, 1.82) is 0 Å². The molecule has 0 fully saturated rings. The standard InChI is InChI=1S/C21H30O8/c1-13(2)17-9-11-18(12-10-17)21(7,8)28-29-27-20(23)26-16(6)24-15(5)25-19(22)14(3)4/h9-13,15-16H,3H2,1-2,4-8H3. The number of esters is 1. The third-order valence-electron chi connectivity index (χ3n) is 3.88. The van der Waals surface area contributed by atoms with Crippen LogP contribution in [0, 0.1) is 0 Å². The number of carbonyl (C=O) groups is 2. The number of rotatable bonds is 10. The maximum atomic E-state index is 11.7. The van der Waals surface area contributed by atoms with Crippen molar-refractivity contribution < 1.29 is 38.6 Å². The van der Waals surface area contributed by atoms with Gasteiger partial charge in [-0.1, -0.05) is 44.7 Å². The minimum atomic E-state index is -1.18. The second-order valence-electron chi connectivity index (χ2n) is 7.35. The van der Waals surface area contributed by atoms with E-state index in [1.807, 2.05) is 24.3 Å². The van der Waals surface area contributed by atoms with Gasteiger partial charge in [0.1, 0.15) is 5.60 Å². The molecular formula is C21H30O8. The zero-order chi connectivity index (χ0) is 22.2. The van der Waals surface area contributed by atoms with E-state index in [0.29, 0.717) is 5.92 Å². The summed E-state index contributed by atoms with van der Waals surface area (Å²) in [5.74, 6) is -0.202. The minimum Gasteiger partial charge on any atom is -0.433 e. The number of carbonyl (C=O) groups excluding carboxylic acids is 2. The molecule has 0 N–H and O–H groups in total. The molecule has 8 nitrogen and oxygen atoms in total. The van der Waals surface area contributed by atoms with Crippen LogP contribution in [0.1, 0.15) is 65.5 Å². The van der Waals surface area contributed by atoms with Gasteiger partial charge in [-0.15, -0.1) is 0 Å². The summed E-state index contributed by atoms with van der Waals surface area (Å²) >= 11 is 0. The lowest BCUT2D eigenvalue weighted by Crippen LogP contribution is -2.28. The third-order valence-corrected chi connectivity index (χ3v) is 3.88. The average Bonchev–Trinajstić information content (AvgIpc) is 2.61. The van der Waals surface area contributed by atoms with E-state index in [9.17, 15) is 9.59 Å². The lowest BCUT2D eigenvalue weighted by atomic mass is 9.94. The van der Waals surface area contributed by atoms with Crippen molar-refractivity contribution in [3.05, 3.63) is 47.5 Å². The Kier molecular flexibility index (Phi) is 9.29. The van der Waals surface area contributed by atoms with Crippen molar-refractivity contribution in [2.75, 3.05) is 0 Å². The molecule has 1 aromatic rings. The Hall–Kier alpha value is -2.42. The highest BCUT2D eigenvalue weighted by molar-refractivity contribution is 5.86. The highest BCUT2D eigenvalue weighted by Gasteiger charge is 2.25. The van der Waals surface area contributed by atoms with E-state index in [1.165, 1.54) is 26.3 Å². The van der Waals surface area contributed by atoms with Crippen molar-refractivity contribution in [3.63, 3.8) is 0 Å². The van der Waals surface area contributed by atoms with Gasteiger partial charge in [0.15, 0.2) is 0 Å². The molecule has 0 heterocycles.